The van der Waals surface area contributed by atoms with Crippen LogP contribution in [0.3, 0.4) is 0 Å². The zero-order valence-electron chi connectivity index (χ0n) is 32.6. The van der Waals surface area contributed by atoms with Gasteiger partial charge in [-0.1, -0.05) is 45.4 Å². The number of benzene rings is 3. The Bertz CT molecular complexity index is 2150. The molecule has 4 aliphatic rings. The number of hydrogen-bond donors (Lipinski definition) is 3. The van der Waals surface area contributed by atoms with Crippen molar-refractivity contribution in [3.8, 4) is 11.8 Å². The Morgan fingerprint density at radius 2 is 1.66 bits per heavy atom. The van der Waals surface area contributed by atoms with Crippen LogP contribution in [0.15, 0.2) is 60.7 Å². The molecule has 2 atom stereocenters. The van der Waals surface area contributed by atoms with Gasteiger partial charge in [0.05, 0.1) is 21.7 Å². The van der Waals surface area contributed by atoms with Crippen molar-refractivity contribution in [3.05, 3.63) is 87.9 Å². The highest BCUT2D eigenvalue weighted by Crippen LogP contribution is 2.55. The van der Waals surface area contributed by atoms with E-state index in [1.165, 1.54) is 6.07 Å². The van der Waals surface area contributed by atoms with Gasteiger partial charge in [0.15, 0.2) is 0 Å². The molecule has 2 saturated heterocycles. The van der Waals surface area contributed by atoms with E-state index in [0.717, 1.165) is 36.8 Å². The van der Waals surface area contributed by atoms with Gasteiger partial charge in [0.2, 0.25) is 5.91 Å². The van der Waals surface area contributed by atoms with Gasteiger partial charge >= 0.3 is 6.18 Å². The third-order valence-electron chi connectivity index (χ3n) is 12.0. The summed E-state index contributed by atoms with van der Waals surface area (Å²) in [5.74, 6) is -2.00. The maximum absolute atomic E-state index is 13.5. The van der Waals surface area contributed by atoms with Crippen molar-refractivity contribution in [2.45, 2.75) is 70.9 Å². The minimum Gasteiger partial charge on any atom is -0.489 e. The number of halogens is 4. The van der Waals surface area contributed by atoms with E-state index in [1.807, 2.05) is 29.6 Å². The van der Waals surface area contributed by atoms with Crippen LogP contribution in [-0.2, 0) is 4.79 Å². The number of ether oxygens (including phenoxy) is 1. The first-order valence-corrected chi connectivity index (χ1v) is 19.7. The van der Waals surface area contributed by atoms with Crippen molar-refractivity contribution >= 4 is 46.6 Å². The van der Waals surface area contributed by atoms with E-state index < -0.39 is 53.2 Å². The first-order chi connectivity index (χ1) is 27.4. The van der Waals surface area contributed by atoms with E-state index in [1.54, 1.807) is 30.3 Å². The number of fused-ring (bicyclic) bond motifs is 1. The van der Waals surface area contributed by atoms with E-state index in [9.17, 15) is 37.6 Å². The molecule has 0 unspecified atom stereocenters. The molecule has 0 spiro atoms. The van der Waals surface area contributed by atoms with E-state index in [0.29, 0.717) is 40.7 Å². The fraction of sp³-hybridized carbons (Fsp3) is 0.452. The lowest BCUT2D eigenvalue weighted by Crippen LogP contribution is -2.74. The van der Waals surface area contributed by atoms with Crippen molar-refractivity contribution < 1.29 is 37.1 Å². The van der Waals surface area contributed by atoms with E-state index >= 15 is 0 Å². The van der Waals surface area contributed by atoms with E-state index in [-0.39, 0.29) is 35.6 Å². The third-order valence-corrected chi connectivity index (χ3v) is 12.4. The molecule has 3 fully saturated rings. The number of carbonyl (C=O) groups is 4. The van der Waals surface area contributed by atoms with Crippen LogP contribution in [0.1, 0.15) is 77.2 Å². The maximum atomic E-state index is 13.5. The Kier molecular flexibility index (Phi) is 10.9. The van der Waals surface area contributed by atoms with Gasteiger partial charge < -0.3 is 25.6 Å². The minimum absolute atomic E-state index is 0.110. The Labute approximate surface area is 339 Å². The number of carbonyl (C=O) groups excluding carboxylic acids is 4. The molecule has 0 radical (unpaired) electrons. The number of anilines is 2. The van der Waals surface area contributed by atoms with Crippen molar-refractivity contribution in [2.24, 2.45) is 10.8 Å². The fourth-order valence-electron chi connectivity index (χ4n) is 9.23. The number of nitriles is 1. The number of nitrogens with zero attached hydrogens (tertiary/aromatic N) is 4. The number of piperazine rings is 1. The van der Waals surface area contributed by atoms with Crippen LogP contribution >= 0.6 is 11.6 Å². The second kappa shape index (κ2) is 15.4. The van der Waals surface area contributed by atoms with Crippen LogP contribution in [0.4, 0.5) is 24.5 Å². The summed E-state index contributed by atoms with van der Waals surface area (Å²) in [7, 11) is 0. The van der Waals surface area contributed by atoms with E-state index in [2.05, 4.69) is 54.2 Å². The molecule has 3 heterocycles. The Morgan fingerprint density at radius 3 is 2.28 bits per heavy atom. The zero-order chi connectivity index (χ0) is 41.7. The van der Waals surface area contributed by atoms with Crippen molar-refractivity contribution in [2.75, 3.05) is 49.5 Å². The van der Waals surface area contributed by atoms with Crippen LogP contribution in [-0.4, -0.2) is 103 Å². The molecule has 1 aliphatic carbocycles. The summed E-state index contributed by atoms with van der Waals surface area (Å²) < 4.78 is 45.9. The number of amides is 4. The highest BCUT2D eigenvalue weighted by molar-refractivity contribution is 6.31. The summed E-state index contributed by atoms with van der Waals surface area (Å²) in [6.45, 7) is 12.4. The lowest BCUT2D eigenvalue weighted by Gasteiger charge is -2.63. The molecule has 1 saturated carbocycles. The summed E-state index contributed by atoms with van der Waals surface area (Å²) in [6, 6.07) is 15.9. The quantitative estimate of drug-likeness (QED) is 0.214. The third kappa shape index (κ3) is 7.55. The topological polar surface area (TPSA) is 147 Å². The molecule has 0 bridgehead atoms. The Hall–Kier alpha value is -5.33. The highest BCUT2D eigenvalue weighted by Gasteiger charge is 2.64. The average molecular weight is 820 g/mol. The maximum Gasteiger partial charge on any atom is 0.408 e. The molecular formula is C42H45ClF3N7O5. The molecule has 7 rings (SSSR count). The summed E-state index contributed by atoms with van der Waals surface area (Å²) in [5.41, 5.74) is 1.80. The predicted molar refractivity (Wildman–Crippen MR) is 211 cm³/mol. The highest BCUT2D eigenvalue weighted by atomic mass is 35.5. The molecule has 12 nitrogen and oxygen atoms in total. The second-order valence-corrected chi connectivity index (χ2v) is 16.9. The molecular weight excluding hydrogens is 775 g/mol. The number of rotatable bonds is 10. The van der Waals surface area contributed by atoms with Crippen LogP contribution < -0.4 is 25.6 Å². The number of piperidine rings is 1. The summed E-state index contributed by atoms with van der Waals surface area (Å²) in [4.78, 5) is 58.1. The van der Waals surface area contributed by atoms with Gasteiger partial charge in [-0.2, -0.15) is 18.4 Å². The van der Waals surface area contributed by atoms with Gasteiger partial charge in [-0.05, 0) is 61.4 Å². The normalized spacial score (nSPS) is 24.0. The lowest BCUT2D eigenvalue weighted by atomic mass is 9.49. The van der Waals surface area contributed by atoms with Gasteiger partial charge in [-0.3, -0.25) is 29.0 Å². The predicted octanol–water partition coefficient (Wildman–Crippen LogP) is 5.86. The molecule has 3 aromatic carbocycles. The standard InChI is InChI=1S/C42H45ClF3N7O5/c1-40(2)38(41(3,4)39(40)58-27-13-10-25(23-47)29(43)22-27)50-34(54)24-8-11-26(12-9-24)52-20-18-51(19-21-52)17-16-48-30-7-5-6-28-33(30)37(57)53(36(28)56)31-14-15-32(42(44,45)46)49-35(31)55/h5-13,22,31-32,38-39,48H,14-21H2,1-4H3,(H,49,55)(H,50,54)/t31-,32-,38?,39?/m1/s1. The Morgan fingerprint density at radius 1 is 0.966 bits per heavy atom. The number of imide groups is 1. The monoisotopic (exact) mass is 819 g/mol. The van der Waals surface area contributed by atoms with Crippen LogP contribution in [0, 0.1) is 22.2 Å². The van der Waals surface area contributed by atoms with E-state index in [4.69, 9.17) is 16.3 Å². The molecule has 0 aromatic heterocycles. The molecule has 306 valence electrons. The number of nitrogens with one attached hydrogen (secondary N) is 3. The van der Waals surface area contributed by atoms with Gasteiger partial charge in [-0.25, -0.2) is 0 Å². The van der Waals surface area contributed by atoms with Gasteiger partial charge in [0, 0.05) is 79.1 Å². The fourth-order valence-corrected chi connectivity index (χ4v) is 9.45. The zero-order valence-corrected chi connectivity index (χ0v) is 33.3. The van der Waals surface area contributed by atoms with Crippen molar-refractivity contribution in [1.29, 1.82) is 5.26 Å². The summed E-state index contributed by atoms with van der Waals surface area (Å²) in [5, 5.41) is 17.9. The molecule has 16 heteroatoms. The smallest absolute Gasteiger partial charge is 0.408 e. The minimum atomic E-state index is -4.61. The van der Waals surface area contributed by atoms with Crippen LogP contribution in [0.2, 0.25) is 5.02 Å². The molecule has 4 amide bonds. The van der Waals surface area contributed by atoms with Crippen molar-refractivity contribution in [1.82, 2.24) is 20.4 Å². The molecule has 3 N–H and O–H groups in total. The van der Waals surface area contributed by atoms with Gasteiger partial charge in [-0.15, -0.1) is 0 Å². The van der Waals surface area contributed by atoms with Gasteiger partial charge in [0.25, 0.3) is 17.7 Å². The first-order valence-electron chi connectivity index (χ1n) is 19.3. The average Bonchev–Trinajstić information content (AvgIpc) is 3.44. The Balaban J connectivity index is 0.882. The molecule has 3 aromatic rings. The van der Waals surface area contributed by atoms with Gasteiger partial charge in [0.1, 0.15) is 30.0 Å². The lowest BCUT2D eigenvalue weighted by molar-refractivity contribution is -0.169. The molecule has 58 heavy (non-hydrogen) atoms. The van der Waals surface area contributed by atoms with Crippen LogP contribution in [0.25, 0.3) is 0 Å². The number of hydrogen-bond acceptors (Lipinski definition) is 9. The van der Waals surface area contributed by atoms with Crippen LogP contribution in [0.5, 0.6) is 5.75 Å². The molecule has 3 aliphatic heterocycles. The SMILES string of the molecule is CC1(C)C(NC(=O)c2ccc(N3CCN(CCNc4cccc5c4C(=O)N([C@@H]4CC[C@H](C(F)(F)F)NC4=O)C5=O)CC3)cc2)C(C)(C)C1Oc1ccc(C#N)c(Cl)c1. The largest absolute Gasteiger partial charge is 0.489 e. The number of alkyl halides is 3. The second-order valence-electron chi connectivity index (χ2n) is 16.5. The van der Waals surface area contributed by atoms with Crippen molar-refractivity contribution in [3.63, 3.8) is 0 Å². The summed E-state index contributed by atoms with van der Waals surface area (Å²) in [6.07, 6.45) is -5.53. The summed E-state index contributed by atoms with van der Waals surface area (Å²) >= 11 is 6.23. The first kappa shape index (κ1) is 40.9.